The number of rotatable bonds is 5. The van der Waals surface area contributed by atoms with E-state index < -0.39 is 17.3 Å². The second kappa shape index (κ2) is 8.98. The van der Waals surface area contributed by atoms with E-state index in [-0.39, 0.29) is 22.9 Å². The topological polar surface area (TPSA) is 82.4 Å². The van der Waals surface area contributed by atoms with Gasteiger partial charge in [0.2, 0.25) is 0 Å². The Morgan fingerprint density at radius 1 is 1.33 bits per heavy atom. The maximum absolute atomic E-state index is 13.5. The van der Waals surface area contributed by atoms with Gasteiger partial charge in [-0.3, -0.25) is 9.78 Å². The van der Waals surface area contributed by atoms with Crippen LogP contribution in [0.2, 0.25) is 0 Å². The Hall–Kier alpha value is -3.19. The van der Waals surface area contributed by atoms with E-state index in [9.17, 15) is 18.0 Å². The molecule has 33 heavy (non-hydrogen) atoms. The molecule has 7 nitrogen and oxygen atoms in total. The van der Waals surface area contributed by atoms with E-state index in [1.54, 1.807) is 17.0 Å². The molecule has 1 aromatic carbocycles. The van der Waals surface area contributed by atoms with E-state index in [2.05, 4.69) is 9.97 Å². The third-order valence-corrected chi connectivity index (χ3v) is 6.59. The number of alkyl halides is 3. The Kier molecular flexibility index (Phi) is 6.26. The lowest BCUT2D eigenvalue weighted by molar-refractivity contribution is -0.137. The fraction of sp³-hybridized carbons (Fsp3) is 0.478. The Labute approximate surface area is 189 Å². The zero-order valence-electron chi connectivity index (χ0n) is 18.2. The molecule has 0 aliphatic carbocycles. The molecule has 4 rings (SSSR count). The van der Waals surface area contributed by atoms with E-state index in [1.165, 1.54) is 24.7 Å². The van der Waals surface area contributed by atoms with Crippen LogP contribution >= 0.6 is 0 Å². The summed E-state index contributed by atoms with van der Waals surface area (Å²) >= 11 is 0. The lowest BCUT2D eigenvalue weighted by atomic mass is 9.73. The van der Waals surface area contributed by atoms with Crippen LogP contribution in [0.4, 0.5) is 18.9 Å². The van der Waals surface area contributed by atoms with Gasteiger partial charge in [-0.2, -0.15) is 18.4 Å². The summed E-state index contributed by atoms with van der Waals surface area (Å²) in [4.78, 5) is 24.7. The molecule has 1 amide bonds. The van der Waals surface area contributed by atoms with Gasteiger partial charge in [-0.1, -0.05) is 0 Å². The zero-order valence-corrected chi connectivity index (χ0v) is 18.2. The van der Waals surface area contributed by atoms with Gasteiger partial charge < -0.3 is 14.5 Å². The zero-order chi connectivity index (χ0) is 23.6. The molecule has 2 fully saturated rings. The summed E-state index contributed by atoms with van der Waals surface area (Å²) in [6, 6.07) is 5.45. The molecule has 0 spiro atoms. The van der Waals surface area contributed by atoms with Gasteiger partial charge in [0.1, 0.15) is 5.69 Å². The number of fused-ring (bicyclic) bond motifs is 1. The predicted octanol–water partition coefficient (Wildman–Crippen LogP) is 3.37. The van der Waals surface area contributed by atoms with Crippen molar-refractivity contribution in [1.82, 2.24) is 14.9 Å². The molecule has 0 unspecified atom stereocenters. The van der Waals surface area contributed by atoms with Crippen molar-refractivity contribution in [3.63, 3.8) is 0 Å². The summed E-state index contributed by atoms with van der Waals surface area (Å²) in [5, 5.41) is 9.07. The van der Waals surface area contributed by atoms with E-state index in [0.29, 0.717) is 51.5 Å². The molecule has 3 heterocycles. The first-order valence-corrected chi connectivity index (χ1v) is 10.8. The minimum absolute atomic E-state index is 0.0170. The molecule has 2 aliphatic heterocycles. The number of carbonyl (C=O) groups is 1. The van der Waals surface area contributed by atoms with E-state index in [4.69, 9.17) is 10.00 Å². The Morgan fingerprint density at radius 2 is 2.15 bits per heavy atom. The number of anilines is 1. The highest BCUT2D eigenvalue weighted by molar-refractivity contribution is 5.92. The van der Waals surface area contributed by atoms with Crippen molar-refractivity contribution in [1.29, 1.82) is 5.26 Å². The van der Waals surface area contributed by atoms with Crippen molar-refractivity contribution in [2.75, 3.05) is 44.3 Å². The number of aromatic nitrogens is 2. The molecule has 2 aliphatic rings. The normalized spacial score (nSPS) is 22.7. The Morgan fingerprint density at radius 3 is 2.82 bits per heavy atom. The van der Waals surface area contributed by atoms with Crippen LogP contribution in [0.25, 0.3) is 0 Å². The van der Waals surface area contributed by atoms with Crippen LogP contribution in [-0.2, 0) is 10.9 Å². The van der Waals surface area contributed by atoms with Crippen molar-refractivity contribution < 1.29 is 22.7 Å². The third-order valence-electron chi connectivity index (χ3n) is 6.59. The number of benzene rings is 1. The van der Waals surface area contributed by atoms with Crippen LogP contribution < -0.4 is 4.90 Å². The Balaban J connectivity index is 1.59. The quantitative estimate of drug-likeness (QED) is 0.682. The molecule has 2 aromatic rings. The minimum Gasteiger partial charge on any atom is -0.381 e. The largest absolute Gasteiger partial charge is 0.417 e. The molecule has 2 saturated heterocycles. The van der Waals surface area contributed by atoms with Gasteiger partial charge in [0.25, 0.3) is 5.91 Å². The number of likely N-dealkylation sites (tertiary alicyclic amines) is 1. The van der Waals surface area contributed by atoms with Gasteiger partial charge in [-0.15, -0.1) is 0 Å². The number of hydrogen-bond donors (Lipinski definition) is 0. The van der Waals surface area contributed by atoms with Crippen molar-refractivity contribution >= 4 is 11.6 Å². The van der Waals surface area contributed by atoms with Gasteiger partial charge in [-0.05, 0) is 31.5 Å². The first-order valence-electron chi connectivity index (χ1n) is 10.8. The standard InChI is InChI=1S/C23H24F3N5O2/c1-2-33-15-22-5-8-30(18-4-3-16(10-27)19(9-18)23(24,25)26)12-17(22)13-31(14-22)21(32)20-11-28-6-7-29-20/h3-4,6-7,9,11,17H,2,5,8,12-15H2,1H3/t17-,22+/m1/s1. The molecule has 0 saturated carbocycles. The fourth-order valence-electron chi connectivity index (χ4n) is 4.85. The molecule has 1 aromatic heterocycles. The number of nitriles is 1. The van der Waals surface area contributed by atoms with Crippen molar-refractivity contribution in [2.45, 2.75) is 19.5 Å². The number of amides is 1. The number of hydrogen-bond acceptors (Lipinski definition) is 6. The summed E-state index contributed by atoms with van der Waals surface area (Å²) in [5.74, 6) is -0.193. The number of piperidine rings is 1. The molecular formula is C23H24F3N5O2. The number of ether oxygens (including phenoxy) is 1. The van der Waals surface area contributed by atoms with Crippen LogP contribution in [0.5, 0.6) is 0 Å². The summed E-state index contributed by atoms with van der Waals surface area (Å²) in [7, 11) is 0. The molecule has 10 heteroatoms. The van der Waals surface area contributed by atoms with Gasteiger partial charge >= 0.3 is 6.18 Å². The van der Waals surface area contributed by atoms with Crippen LogP contribution in [0, 0.1) is 22.7 Å². The number of halogens is 3. The summed E-state index contributed by atoms with van der Waals surface area (Å²) < 4.78 is 46.2. The lowest BCUT2D eigenvalue weighted by Gasteiger charge is -2.44. The van der Waals surface area contributed by atoms with Crippen LogP contribution in [0.15, 0.2) is 36.8 Å². The second-order valence-electron chi connectivity index (χ2n) is 8.51. The fourth-order valence-corrected chi connectivity index (χ4v) is 4.85. The number of carbonyl (C=O) groups excluding carboxylic acids is 1. The summed E-state index contributed by atoms with van der Waals surface area (Å²) in [5.41, 5.74) is -0.911. The van der Waals surface area contributed by atoms with Crippen molar-refractivity contribution in [3.8, 4) is 6.07 Å². The van der Waals surface area contributed by atoms with Gasteiger partial charge in [0.15, 0.2) is 0 Å². The van der Waals surface area contributed by atoms with E-state index >= 15 is 0 Å². The average molecular weight is 459 g/mol. The van der Waals surface area contributed by atoms with Crippen molar-refractivity contribution in [2.24, 2.45) is 11.3 Å². The second-order valence-corrected chi connectivity index (χ2v) is 8.51. The molecule has 0 N–H and O–H groups in total. The molecule has 2 atom stereocenters. The van der Waals surface area contributed by atoms with Crippen LogP contribution in [0.3, 0.4) is 0 Å². The number of nitrogens with zero attached hydrogens (tertiary/aromatic N) is 5. The molecule has 0 bridgehead atoms. The van der Waals surface area contributed by atoms with E-state index in [0.717, 1.165) is 6.07 Å². The molecule has 174 valence electrons. The van der Waals surface area contributed by atoms with Gasteiger partial charge in [0, 0.05) is 62.2 Å². The predicted molar refractivity (Wildman–Crippen MR) is 113 cm³/mol. The maximum atomic E-state index is 13.5. The van der Waals surface area contributed by atoms with Gasteiger partial charge in [0.05, 0.1) is 30.0 Å². The highest BCUT2D eigenvalue weighted by Crippen LogP contribution is 2.45. The molecular weight excluding hydrogens is 435 g/mol. The highest BCUT2D eigenvalue weighted by Gasteiger charge is 2.51. The highest BCUT2D eigenvalue weighted by atomic mass is 19.4. The summed E-state index contributed by atoms with van der Waals surface area (Å²) in [6.45, 7) is 4.91. The van der Waals surface area contributed by atoms with Crippen LogP contribution in [0.1, 0.15) is 35.0 Å². The maximum Gasteiger partial charge on any atom is 0.417 e. The van der Waals surface area contributed by atoms with Crippen LogP contribution in [-0.4, -0.2) is 60.2 Å². The van der Waals surface area contributed by atoms with E-state index in [1.807, 2.05) is 11.8 Å². The lowest BCUT2D eigenvalue weighted by Crippen LogP contribution is -2.49. The smallest absolute Gasteiger partial charge is 0.381 e. The SMILES string of the molecule is CCOC[C@@]12CCN(c3ccc(C#N)c(C(F)(F)F)c3)C[C@@H]1CN(C(=O)c1cnccn1)C2. The monoisotopic (exact) mass is 459 g/mol. The third kappa shape index (κ3) is 4.50. The van der Waals surface area contributed by atoms with Crippen molar-refractivity contribution in [3.05, 3.63) is 53.6 Å². The Bertz CT molecular complexity index is 1060. The minimum atomic E-state index is -4.61. The first-order chi connectivity index (χ1) is 15.8. The summed E-state index contributed by atoms with van der Waals surface area (Å²) in [6.07, 6.45) is 0.465. The molecule has 0 radical (unpaired) electrons. The van der Waals surface area contributed by atoms with Gasteiger partial charge in [-0.25, -0.2) is 4.98 Å². The average Bonchev–Trinajstić information content (AvgIpc) is 3.21. The first kappa shape index (κ1) is 23.0.